The van der Waals surface area contributed by atoms with Crippen LogP contribution in [0.15, 0.2) is 36.0 Å². The highest BCUT2D eigenvalue weighted by atomic mass is 16.5. The summed E-state index contributed by atoms with van der Waals surface area (Å²) in [6.45, 7) is 4.03. The van der Waals surface area contributed by atoms with Gasteiger partial charge in [-0.2, -0.15) is 0 Å². The third-order valence-electron chi connectivity index (χ3n) is 3.33. The second kappa shape index (κ2) is 6.96. The summed E-state index contributed by atoms with van der Waals surface area (Å²) in [6, 6.07) is 7.65. The van der Waals surface area contributed by atoms with Crippen LogP contribution in [0.25, 0.3) is 0 Å². The molecule has 1 amide bonds. The Morgan fingerprint density at radius 1 is 1.40 bits per heavy atom. The molecule has 2 rings (SSSR count). The van der Waals surface area contributed by atoms with Crippen LogP contribution in [-0.4, -0.2) is 32.7 Å². The molecule has 0 bridgehead atoms. The molecule has 1 atom stereocenters. The molecule has 0 saturated heterocycles. The van der Waals surface area contributed by atoms with Crippen LogP contribution in [0, 0.1) is 6.92 Å². The SMILES string of the molecule is Cc1ccccc1OCC(=O)NNC1=CC[NH+](C)CC1. The number of likely N-dealkylation sites (N-methyl/N-ethyl adjacent to an activating group) is 1. The molecule has 1 aromatic rings. The predicted molar refractivity (Wildman–Crippen MR) is 77.3 cm³/mol. The molecular weight excluding hydrogens is 254 g/mol. The quantitative estimate of drug-likeness (QED) is 0.653. The first-order chi connectivity index (χ1) is 9.65. The summed E-state index contributed by atoms with van der Waals surface area (Å²) in [5.74, 6) is 0.560. The van der Waals surface area contributed by atoms with Gasteiger partial charge in [0.15, 0.2) is 6.61 Å². The van der Waals surface area contributed by atoms with Gasteiger partial charge in [-0.05, 0) is 24.6 Å². The van der Waals surface area contributed by atoms with E-state index in [0.717, 1.165) is 36.5 Å². The lowest BCUT2D eigenvalue weighted by molar-refractivity contribution is -0.875. The van der Waals surface area contributed by atoms with E-state index in [0.29, 0.717) is 0 Å². The molecule has 5 nitrogen and oxygen atoms in total. The summed E-state index contributed by atoms with van der Waals surface area (Å²) < 4.78 is 5.48. The number of nitrogens with one attached hydrogen (secondary N) is 3. The lowest BCUT2D eigenvalue weighted by Gasteiger charge is -2.20. The van der Waals surface area contributed by atoms with Crippen LogP contribution in [0.1, 0.15) is 12.0 Å². The van der Waals surface area contributed by atoms with E-state index >= 15 is 0 Å². The Bertz CT molecular complexity index is 500. The Balaban J connectivity index is 1.72. The summed E-state index contributed by atoms with van der Waals surface area (Å²) in [5.41, 5.74) is 7.72. The number of amides is 1. The van der Waals surface area contributed by atoms with Crippen molar-refractivity contribution in [2.24, 2.45) is 0 Å². The number of ether oxygens (including phenoxy) is 1. The van der Waals surface area contributed by atoms with Gasteiger partial charge >= 0.3 is 0 Å². The van der Waals surface area contributed by atoms with Crippen molar-refractivity contribution < 1.29 is 14.4 Å². The number of para-hydroxylation sites is 1. The molecule has 3 N–H and O–H groups in total. The number of hydrogen-bond acceptors (Lipinski definition) is 3. The minimum absolute atomic E-state index is 0.0102. The van der Waals surface area contributed by atoms with Crippen molar-refractivity contribution in [3.63, 3.8) is 0 Å². The van der Waals surface area contributed by atoms with Crippen molar-refractivity contribution in [3.05, 3.63) is 41.6 Å². The Labute approximate surface area is 119 Å². The maximum atomic E-state index is 11.7. The van der Waals surface area contributed by atoms with Crippen molar-refractivity contribution >= 4 is 5.91 Å². The van der Waals surface area contributed by atoms with Crippen molar-refractivity contribution in [1.29, 1.82) is 0 Å². The van der Waals surface area contributed by atoms with Crippen molar-refractivity contribution in [2.75, 3.05) is 26.7 Å². The number of carbonyl (C=O) groups excluding carboxylic acids is 1. The first-order valence-electron chi connectivity index (χ1n) is 6.89. The van der Waals surface area contributed by atoms with E-state index in [9.17, 15) is 4.79 Å². The van der Waals surface area contributed by atoms with Crippen molar-refractivity contribution in [1.82, 2.24) is 10.9 Å². The van der Waals surface area contributed by atoms with Crippen LogP contribution in [0.2, 0.25) is 0 Å². The van der Waals surface area contributed by atoms with E-state index in [2.05, 4.69) is 24.0 Å². The number of rotatable bonds is 5. The van der Waals surface area contributed by atoms with Crippen molar-refractivity contribution in [3.8, 4) is 5.75 Å². The van der Waals surface area contributed by atoms with Crippen LogP contribution in [0.3, 0.4) is 0 Å². The van der Waals surface area contributed by atoms with Crippen LogP contribution in [0.4, 0.5) is 0 Å². The fraction of sp³-hybridized carbons (Fsp3) is 0.400. The zero-order valence-corrected chi connectivity index (χ0v) is 12.0. The average molecular weight is 276 g/mol. The molecule has 0 spiro atoms. The highest BCUT2D eigenvalue weighted by molar-refractivity contribution is 5.77. The molecule has 0 fully saturated rings. The summed E-state index contributed by atoms with van der Waals surface area (Å²) >= 11 is 0. The molecule has 0 aromatic heterocycles. The molecule has 0 saturated carbocycles. The molecule has 20 heavy (non-hydrogen) atoms. The first kappa shape index (κ1) is 14.4. The smallest absolute Gasteiger partial charge is 0.276 e. The molecule has 5 heteroatoms. The number of benzene rings is 1. The van der Waals surface area contributed by atoms with Gasteiger partial charge in [0.25, 0.3) is 5.91 Å². The molecule has 1 aliphatic rings. The summed E-state index contributed by atoms with van der Waals surface area (Å²) in [4.78, 5) is 13.2. The number of carbonyl (C=O) groups is 1. The second-order valence-electron chi connectivity index (χ2n) is 5.12. The van der Waals surface area contributed by atoms with Gasteiger partial charge in [0.05, 0.1) is 20.1 Å². The fourth-order valence-corrected chi connectivity index (χ4v) is 2.01. The lowest BCUT2D eigenvalue weighted by atomic mass is 10.2. The van der Waals surface area contributed by atoms with E-state index in [-0.39, 0.29) is 12.5 Å². The van der Waals surface area contributed by atoms with Gasteiger partial charge in [0, 0.05) is 12.1 Å². The topological polar surface area (TPSA) is 54.8 Å². The van der Waals surface area contributed by atoms with Gasteiger partial charge in [-0.1, -0.05) is 18.2 Å². The molecule has 108 valence electrons. The highest BCUT2D eigenvalue weighted by Gasteiger charge is 2.11. The normalized spacial score (nSPS) is 18.1. The average Bonchev–Trinajstić information content (AvgIpc) is 2.46. The fourth-order valence-electron chi connectivity index (χ4n) is 2.01. The molecule has 1 heterocycles. The van der Waals surface area contributed by atoms with Gasteiger partial charge in [0.1, 0.15) is 5.75 Å². The van der Waals surface area contributed by atoms with Gasteiger partial charge in [-0.15, -0.1) is 0 Å². The van der Waals surface area contributed by atoms with Crippen LogP contribution in [0.5, 0.6) is 5.75 Å². The lowest BCUT2D eigenvalue weighted by Crippen LogP contribution is -3.09. The minimum atomic E-state index is -0.180. The monoisotopic (exact) mass is 276 g/mol. The number of quaternary nitrogens is 1. The second-order valence-corrected chi connectivity index (χ2v) is 5.12. The zero-order chi connectivity index (χ0) is 14.4. The molecule has 1 unspecified atom stereocenters. The third-order valence-corrected chi connectivity index (χ3v) is 3.33. The largest absolute Gasteiger partial charge is 0.483 e. The third kappa shape index (κ3) is 4.28. The van der Waals surface area contributed by atoms with E-state index < -0.39 is 0 Å². The van der Waals surface area contributed by atoms with Crippen LogP contribution >= 0.6 is 0 Å². The van der Waals surface area contributed by atoms with Gasteiger partial charge in [0.2, 0.25) is 0 Å². The first-order valence-corrected chi connectivity index (χ1v) is 6.89. The number of hydrogen-bond donors (Lipinski definition) is 3. The Morgan fingerprint density at radius 3 is 2.90 bits per heavy atom. The van der Waals surface area contributed by atoms with Gasteiger partial charge in [-0.3, -0.25) is 10.2 Å². The van der Waals surface area contributed by atoms with Crippen molar-refractivity contribution in [2.45, 2.75) is 13.3 Å². The summed E-state index contributed by atoms with van der Waals surface area (Å²) in [7, 11) is 2.15. The Hall–Kier alpha value is -2.01. The zero-order valence-electron chi connectivity index (χ0n) is 12.0. The summed E-state index contributed by atoms with van der Waals surface area (Å²) in [5, 5.41) is 0. The number of hydrazine groups is 1. The Kier molecular flexibility index (Phi) is 5.01. The number of aryl methyl sites for hydroxylation is 1. The maximum absolute atomic E-state index is 11.7. The molecular formula is C15H22N3O2+. The van der Waals surface area contributed by atoms with Crippen LogP contribution in [-0.2, 0) is 4.79 Å². The minimum Gasteiger partial charge on any atom is -0.483 e. The van der Waals surface area contributed by atoms with E-state index in [4.69, 9.17) is 4.74 Å². The molecule has 0 radical (unpaired) electrons. The Morgan fingerprint density at radius 2 is 2.20 bits per heavy atom. The summed E-state index contributed by atoms with van der Waals surface area (Å²) in [6.07, 6.45) is 3.06. The maximum Gasteiger partial charge on any atom is 0.276 e. The highest BCUT2D eigenvalue weighted by Crippen LogP contribution is 2.15. The molecule has 1 aliphatic heterocycles. The van der Waals surface area contributed by atoms with E-state index in [1.165, 1.54) is 4.90 Å². The van der Waals surface area contributed by atoms with Gasteiger partial charge < -0.3 is 15.1 Å². The predicted octanol–water partition coefficient (Wildman–Crippen LogP) is -0.203. The van der Waals surface area contributed by atoms with E-state index in [1.807, 2.05) is 31.2 Å². The van der Waals surface area contributed by atoms with Crippen LogP contribution < -0.4 is 20.5 Å². The standard InChI is InChI=1S/C15H21N3O2/c1-12-5-3-4-6-14(12)20-11-15(19)17-16-13-7-9-18(2)10-8-13/h3-7,16H,8-11H2,1-2H3,(H,17,19)/p+1. The van der Waals surface area contributed by atoms with E-state index in [1.54, 1.807) is 0 Å². The molecule has 1 aromatic carbocycles. The van der Waals surface area contributed by atoms with Gasteiger partial charge in [-0.25, -0.2) is 0 Å². The molecule has 0 aliphatic carbocycles.